The van der Waals surface area contributed by atoms with Crippen molar-refractivity contribution in [2.75, 3.05) is 0 Å². The monoisotopic (exact) mass is 326 g/mol. The van der Waals surface area contributed by atoms with Gasteiger partial charge in [-0.1, -0.05) is 25.7 Å². The second kappa shape index (κ2) is 6.42. The minimum atomic E-state index is -3.65. The van der Waals surface area contributed by atoms with Gasteiger partial charge in [-0.3, -0.25) is 4.79 Å². The maximum atomic E-state index is 12.2. The number of hydrogen-bond donors (Lipinski definition) is 2. The first-order valence-corrected chi connectivity index (χ1v) is 9.46. The minimum Gasteiger partial charge on any atom is -0.438 e. The molecule has 0 spiro atoms. The fourth-order valence-corrected chi connectivity index (χ4v) is 3.98. The van der Waals surface area contributed by atoms with Crippen molar-refractivity contribution in [3.05, 3.63) is 17.9 Å². The molecule has 0 aliphatic heterocycles. The van der Waals surface area contributed by atoms with E-state index in [2.05, 4.69) is 10.0 Å². The summed E-state index contributed by atoms with van der Waals surface area (Å²) in [6.45, 7) is 0. The highest BCUT2D eigenvalue weighted by atomic mass is 32.2. The van der Waals surface area contributed by atoms with Gasteiger partial charge >= 0.3 is 0 Å². The van der Waals surface area contributed by atoms with Gasteiger partial charge in [0.1, 0.15) is 0 Å². The van der Waals surface area contributed by atoms with Crippen LogP contribution in [0.25, 0.3) is 0 Å². The molecule has 0 unspecified atom stereocenters. The highest BCUT2D eigenvalue weighted by Crippen LogP contribution is 2.23. The van der Waals surface area contributed by atoms with Crippen molar-refractivity contribution in [1.82, 2.24) is 10.0 Å². The molecule has 7 heteroatoms. The molecule has 3 rings (SSSR count). The number of carbonyl (C=O) groups is 1. The average Bonchev–Trinajstić information content (AvgIpc) is 3.18. The largest absolute Gasteiger partial charge is 0.438 e. The first-order valence-electron chi connectivity index (χ1n) is 7.97. The molecule has 1 amide bonds. The molecule has 2 saturated carbocycles. The first-order chi connectivity index (χ1) is 10.5. The van der Waals surface area contributed by atoms with E-state index >= 15 is 0 Å². The summed E-state index contributed by atoms with van der Waals surface area (Å²) >= 11 is 0. The summed E-state index contributed by atoms with van der Waals surface area (Å²) in [5, 5.41) is 2.76. The van der Waals surface area contributed by atoms with E-state index in [0.29, 0.717) is 0 Å². The maximum absolute atomic E-state index is 12.2. The summed E-state index contributed by atoms with van der Waals surface area (Å²) in [4.78, 5) is 12.2. The van der Waals surface area contributed by atoms with E-state index in [1.54, 1.807) is 0 Å². The van der Waals surface area contributed by atoms with E-state index in [4.69, 9.17) is 4.42 Å². The number of hydrogen-bond acceptors (Lipinski definition) is 4. The lowest BCUT2D eigenvalue weighted by molar-refractivity contribution is 0.0900. The van der Waals surface area contributed by atoms with Crippen LogP contribution in [0.2, 0.25) is 0 Å². The van der Waals surface area contributed by atoms with Crippen LogP contribution >= 0.6 is 0 Å². The van der Waals surface area contributed by atoms with Crippen LogP contribution in [0.15, 0.2) is 21.6 Å². The Balaban J connectivity index is 1.63. The van der Waals surface area contributed by atoms with Crippen LogP contribution < -0.4 is 10.0 Å². The smallest absolute Gasteiger partial charge is 0.287 e. The lowest BCUT2D eigenvalue weighted by Crippen LogP contribution is -2.34. The lowest BCUT2D eigenvalue weighted by Gasteiger charge is -2.14. The van der Waals surface area contributed by atoms with E-state index in [9.17, 15) is 13.2 Å². The number of rotatable bonds is 5. The molecule has 6 nitrogen and oxygen atoms in total. The SMILES string of the molecule is O=C(NC1CCCCCC1)c1ccc(S(=O)(=O)NC2CC2)o1. The molecule has 0 aromatic carbocycles. The molecule has 0 saturated heterocycles. The van der Waals surface area contributed by atoms with Gasteiger partial charge in [-0.25, -0.2) is 13.1 Å². The molecule has 0 bridgehead atoms. The quantitative estimate of drug-likeness (QED) is 0.812. The molecule has 2 aliphatic rings. The molecule has 22 heavy (non-hydrogen) atoms. The van der Waals surface area contributed by atoms with Gasteiger partial charge in [-0.15, -0.1) is 0 Å². The van der Waals surface area contributed by atoms with Gasteiger partial charge in [0.25, 0.3) is 15.9 Å². The normalized spacial score (nSPS) is 20.5. The number of furan rings is 1. The summed E-state index contributed by atoms with van der Waals surface area (Å²) in [5.41, 5.74) is 0. The third-order valence-corrected chi connectivity index (χ3v) is 5.55. The highest BCUT2D eigenvalue weighted by Gasteiger charge is 2.30. The lowest BCUT2D eigenvalue weighted by atomic mass is 10.1. The van der Waals surface area contributed by atoms with Crippen LogP contribution in [0.5, 0.6) is 0 Å². The van der Waals surface area contributed by atoms with Gasteiger partial charge in [0.15, 0.2) is 5.76 Å². The predicted octanol–water partition coefficient (Wildman–Crippen LogP) is 2.17. The van der Waals surface area contributed by atoms with Crippen LogP contribution in [0.3, 0.4) is 0 Å². The summed E-state index contributed by atoms with van der Waals surface area (Å²) in [7, 11) is -3.65. The fourth-order valence-electron chi connectivity index (χ4n) is 2.75. The van der Waals surface area contributed by atoms with Crippen molar-refractivity contribution in [3.63, 3.8) is 0 Å². The number of amides is 1. The molecule has 122 valence electrons. The van der Waals surface area contributed by atoms with Gasteiger partial charge in [-0.05, 0) is 37.8 Å². The van der Waals surface area contributed by atoms with Gasteiger partial charge in [-0.2, -0.15) is 0 Å². The Morgan fingerprint density at radius 2 is 1.68 bits per heavy atom. The van der Waals surface area contributed by atoms with Gasteiger partial charge in [0, 0.05) is 12.1 Å². The molecule has 1 heterocycles. The Morgan fingerprint density at radius 3 is 2.32 bits per heavy atom. The second-order valence-corrected chi connectivity index (χ2v) is 7.82. The number of sulfonamides is 1. The van der Waals surface area contributed by atoms with Crippen molar-refractivity contribution in [3.8, 4) is 0 Å². The maximum Gasteiger partial charge on any atom is 0.287 e. The van der Waals surface area contributed by atoms with Crippen LogP contribution in [0.4, 0.5) is 0 Å². The fraction of sp³-hybridized carbons (Fsp3) is 0.667. The highest BCUT2D eigenvalue weighted by molar-refractivity contribution is 7.89. The van der Waals surface area contributed by atoms with E-state index in [-0.39, 0.29) is 28.8 Å². The Bertz CT molecular complexity index is 626. The average molecular weight is 326 g/mol. The topological polar surface area (TPSA) is 88.4 Å². The second-order valence-electron chi connectivity index (χ2n) is 6.18. The summed E-state index contributed by atoms with van der Waals surface area (Å²) in [5.74, 6) is -0.278. The zero-order chi connectivity index (χ0) is 15.6. The van der Waals surface area contributed by atoms with E-state index < -0.39 is 10.0 Å². The third-order valence-electron chi connectivity index (χ3n) is 4.16. The van der Waals surface area contributed by atoms with Crippen LogP contribution in [-0.4, -0.2) is 26.4 Å². The van der Waals surface area contributed by atoms with Gasteiger partial charge in [0.05, 0.1) is 0 Å². The van der Waals surface area contributed by atoms with Gasteiger partial charge < -0.3 is 9.73 Å². The zero-order valence-corrected chi connectivity index (χ0v) is 13.3. The molecule has 1 aromatic heterocycles. The van der Waals surface area contributed by atoms with Crippen molar-refractivity contribution in [1.29, 1.82) is 0 Å². The molecular weight excluding hydrogens is 304 g/mol. The van der Waals surface area contributed by atoms with Crippen LogP contribution in [-0.2, 0) is 10.0 Å². The van der Waals surface area contributed by atoms with E-state index in [0.717, 1.165) is 38.5 Å². The molecule has 2 fully saturated rings. The zero-order valence-electron chi connectivity index (χ0n) is 12.5. The molecule has 2 aliphatic carbocycles. The molecule has 1 aromatic rings. The Kier molecular flexibility index (Phi) is 4.54. The van der Waals surface area contributed by atoms with Gasteiger partial charge in [0.2, 0.25) is 5.09 Å². The van der Waals surface area contributed by atoms with E-state index in [1.165, 1.54) is 25.0 Å². The molecule has 2 N–H and O–H groups in total. The van der Waals surface area contributed by atoms with Crippen LogP contribution in [0.1, 0.15) is 61.9 Å². The van der Waals surface area contributed by atoms with Crippen molar-refractivity contribution >= 4 is 15.9 Å². The Labute approximate surface area is 130 Å². The molecule has 0 atom stereocenters. The third kappa shape index (κ3) is 3.89. The summed E-state index contributed by atoms with van der Waals surface area (Å²) in [6, 6.07) is 2.93. The molecule has 0 radical (unpaired) electrons. The predicted molar refractivity (Wildman–Crippen MR) is 81.0 cm³/mol. The van der Waals surface area contributed by atoms with Crippen LogP contribution in [0, 0.1) is 0 Å². The Hall–Kier alpha value is -1.34. The number of carbonyl (C=O) groups excluding carboxylic acids is 1. The standard InChI is InChI=1S/C15H22N2O4S/c18-15(16-11-5-3-1-2-4-6-11)13-9-10-14(21-13)22(19,20)17-12-7-8-12/h9-12,17H,1-8H2,(H,16,18). The minimum absolute atomic E-state index is 0.0124. The van der Waals surface area contributed by atoms with Crippen molar-refractivity contribution < 1.29 is 17.6 Å². The Morgan fingerprint density at radius 1 is 1.00 bits per heavy atom. The number of nitrogens with one attached hydrogen (secondary N) is 2. The van der Waals surface area contributed by atoms with E-state index in [1.807, 2.05) is 0 Å². The summed E-state index contributed by atoms with van der Waals surface area (Å²) < 4.78 is 31.8. The first kappa shape index (κ1) is 15.6. The molecular formula is C15H22N2O4S. The van der Waals surface area contributed by atoms with Crippen molar-refractivity contribution in [2.24, 2.45) is 0 Å². The summed E-state index contributed by atoms with van der Waals surface area (Å²) in [6.07, 6.45) is 8.32. The van der Waals surface area contributed by atoms with Crippen molar-refractivity contribution in [2.45, 2.75) is 68.5 Å².